The van der Waals surface area contributed by atoms with Crippen molar-refractivity contribution < 1.29 is 19.0 Å². The van der Waals surface area contributed by atoms with Gasteiger partial charge in [0.25, 0.3) is 0 Å². The molecule has 2 aromatic rings. The maximum absolute atomic E-state index is 12.8. The number of fused-ring (bicyclic) bond motifs is 2. The van der Waals surface area contributed by atoms with Gasteiger partial charge in [-0.15, -0.1) is 0 Å². The van der Waals surface area contributed by atoms with Crippen LogP contribution in [0.2, 0.25) is 0 Å². The Balaban J connectivity index is 1.40. The minimum Gasteiger partial charge on any atom is -0.493 e. The number of allylic oxidation sites excluding steroid dienone is 1. The summed E-state index contributed by atoms with van der Waals surface area (Å²) >= 11 is 0. The van der Waals surface area contributed by atoms with Gasteiger partial charge in [-0.05, 0) is 80.4 Å². The van der Waals surface area contributed by atoms with Crippen LogP contribution in [0, 0.1) is 17.8 Å². The molecule has 1 fully saturated rings. The maximum Gasteiger partial charge on any atom is 0.308 e. The molecule has 200 valence electrons. The molecule has 0 aromatic heterocycles. The summed E-state index contributed by atoms with van der Waals surface area (Å²) in [4.78, 5) is 15.2. The van der Waals surface area contributed by atoms with Crippen molar-refractivity contribution in [2.75, 3.05) is 34.4 Å². The van der Waals surface area contributed by atoms with Crippen LogP contribution in [0.3, 0.4) is 0 Å². The minimum atomic E-state index is -0.403. The van der Waals surface area contributed by atoms with E-state index in [0.29, 0.717) is 5.92 Å². The fourth-order valence-corrected chi connectivity index (χ4v) is 5.99. The van der Waals surface area contributed by atoms with Crippen LogP contribution in [0.25, 0.3) is 5.57 Å². The highest BCUT2D eigenvalue weighted by molar-refractivity contribution is 5.73. The van der Waals surface area contributed by atoms with E-state index in [4.69, 9.17) is 14.2 Å². The Morgan fingerprint density at radius 2 is 1.78 bits per heavy atom. The second-order valence-corrected chi connectivity index (χ2v) is 11.1. The van der Waals surface area contributed by atoms with Gasteiger partial charge < -0.3 is 19.1 Å². The number of methoxy groups -OCH3 is 2. The second-order valence-electron chi connectivity index (χ2n) is 11.1. The van der Waals surface area contributed by atoms with Crippen LogP contribution in [0.15, 0.2) is 54.6 Å². The van der Waals surface area contributed by atoms with E-state index in [1.165, 1.54) is 23.1 Å². The van der Waals surface area contributed by atoms with Crippen LogP contribution < -0.4 is 9.47 Å². The molecule has 0 unspecified atom stereocenters. The number of nitrogens with zero attached hydrogens (tertiary/aromatic N) is 1. The van der Waals surface area contributed by atoms with Gasteiger partial charge in [-0.2, -0.15) is 0 Å². The summed E-state index contributed by atoms with van der Waals surface area (Å²) in [5, 5.41) is 0. The minimum absolute atomic E-state index is 0.0710. The first-order chi connectivity index (χ1) is 17.8. The van der Waals surface area contributed by atoms with Crippen LogP contribution in [-0.2, 0) is 16.0 Å². The number of ether oxygens (including phenoxy) is 3. The van der Waals surface area contributed by atoms with Crippen molar-refractivity contribution in [3.8, 4) is 11.5 Å². The molecule has 2 aromatic carbocycles. The molecule has 3 aliphatic carbocycles. The molecule has 5 heteroatoms. The molecule has 0 spiro atoms. The van der Waals surface area contributed by atoms with Gasteiger partial charge in [-0.25, -0.2) is 0 Å². The Morgan fingerprint density at radius 3 is 2.43 bits per heavy atom. The van der Waals surface area contributed by atoms with Crippen molar-refractivity contribution in [2.45, 2.75) is 58.0 Å². The van der Waals surface area contributed by atoms with E-state index in [2.05, 4.69) is 60.5 Å². The Labute approximate surface area is 222 Å². The van der Waals surface area contributed by atoms with Gasteiger partial charge >= 0.3 is 5.97 Å². The van der Waals surface area contributed by atoms with Gasteiger partial charge in [-0.1, -0.05) is 56.3 Å². The average molecular weight is 506 g/mol. The second kappa shape index (κ2) is 12.2. The SMILES string of the molecule is COc1ccc(CCCN(C)CC[C@@]2(OC(=O)C(C)C)C[C@@H]3CC[C@H]2C=C3c2ccccc2)cc1OC. The van der Waals surface area contributed by atoms with E-state index in [1.54, 1.807) is 14.2 Å². The van der Waals surface area contributed by atoms with Crippen molar-refractivity contribution in [1.29, 1.82) is 0 Å². The number of hydrogen-bond acceptors (Lipinski definition) is 5. The molecule has 3 aliphatic rings. The van der Waals surface area contributed by atoms with E-state index >= 15 is 0 Å². The smallest absolute Gasteiger partial charge is 0.308 e. The average Bonchev–Trinajstić information content (AvgIpc) is 2.92. The summed E-state index contributed by atoms with van der Waals surface area (Å²) in [7, 11) is 5.51. The zero-order valence-electron chi connectivity index (χ0n) is 23.2. The number of carbonyl (C=O) groups is 1. The van der Waals surface area contributed by atoms with Crippen molar-refractivity contribution >= 4 is 11.5 Å². The lowest BCUT2D eigenvalue weighted by molar-refractivity contribution is -0.176. The molecule has 1 saturated carbocycles. The first kappa shape index (κ1) is 27.3. The molecule has 5 nitrogen and oxygen atoms in total. The molecule has 3 atom stereocenters. The fraction of sp³-hybridized carbons (Fsp3) is 0.531. The Hall–Kier alpha value is -2.79. The van der Waals surface area contributed by atoms with Crippen LogP contribution >= 0.6 is 0 Å². The molecule has 0 N–H and O–H groups in total. The third kappa shape index (κ3) is 6.38. The Kier molecular flexibility index (Phi) is 8.96. The molecule has 0 amide bonds. The molecule has 0 heterocycles. The fourth-order valence-electron chi connectivity index (χ4n) is 5.99. The third-order valence-electron chi connectivity index (χ3n) is 8.17. The molecule has 37 heavy (non-hydrogen) atoms. The van der Waals surface area contributed by atoms with E-state index in [9.17, 15) is 4.79 Å². The van der Waals surface area contributed by atoms with E-state index in [-0.39, 0.29) is 17.8 Å². The number of esters is 1. The van der Waals surface area contributed by atoms with Crippen LogP contribution in [0.5, 0.6) is 11.5 Å². The summed E-state index contributed by atoms with van der Waals surface area (Å²) in [6, 6.07) is 16.9. The van der Waals surface area contributed by atoms with Gasteiger partial charge in [-0.3, -0.25) is 4.79 Å². The monoisotopic (exact) mass is 505 g/mol. The van der Waals surface area contributed by atoms with E-state index in [0.717, 1.165) is 56.7 Å². The maximum atomic E-state index is 12.8. The summed E-state index contributed by atoms with van der Waals surface area (Å²) in [5.41, 5.74) is 3.60. The predicted molar refractivity (Wildman–Crippen MR) is 149 cm³/mol. The highest BCUT2D eigenvalue weighted by Gasteiger charge is 2.50. The molecule has 2 bridgehead atoms. The van der Waals surface area contributed by atoms with Crippen LogP contribution in [-0.4, -0.2) is 50.8 Å². The molecule has 0 aliphatic heterocycles. The molecule has 5 rings (SSSR count). The summed E-state index contributed by atoms with van der Waals surface area (Å²) < 4.78 is 17.2. The highest BCUT2D eigenvalue weighted by atomic mass is 16.6. The lowest BCUT2D eigenvalue weighted by Gasteiger charge is -2.50. The predicted octanol–water partition coefficient (Wildman–Crippen LogP) is 6.41. The van der Waals surface area contributed by atoms with Gasteiger partial charge in [0, 0.05) is 18.9 Å². The molecule has 0 radical (unpaired) electrons. The summed E-state index contributed by atoms with van der Waals surface area (Å²) in [5.74, 6) is 2.07. The standard InChI is InChI=1S/C32H43NO4/c1-23(2)31(34)37-32(22-26-14-15-27(32)21-28(26)25-11-7-6-8-12-25)17-19-33(3)18-9-10-24-13-16-29(35-4)30(20-24)36-5/h6-8,11-13,16,20-21,23,26-27H,9-10,14-15,17-19,22H2,1-5H3/t26-,27-,32+/m0/s1. The largest absolute Gasteiger partial charge is 0.493 e. The van der Waals surface area contributed by atoms with Crippen molar-refractivity contribution in [3.05, 3.63) is 65.7 Å². The van der Waals surface area contributed by atoms with Gasteiger partial charge in [0.05, 0.1) is 20.1 Å². The third-order valence-corrected chi connectivity index (χ3v) is 8.17. The van der Waals surface area contributed by atoms with Gasteiger partial charge in [0.15, 0.2) is 11.5 Å². The molecular formula is C32H43NO4. The quantitative estimate of drug-likeness (QED) is 0.312. The number of aryl methyl sites for hydroxylation is 1. The number of hydrogen-bond donors (Lipinski definition) is 0. The lowest BCUT2D eigenvalue weighted by Crippen LogP contribution is -2.51. The van der Waals surface area contributed by atoms with Gasteiger partial charge in [0.2, 0.25) is 0 Å². The van der Waals surface area contributed by atoms with Crippen molar-refractivity contribution in [1.82, 2.24) is 4.90 Å². The zero-order valence-corrected chi connectivity index (χ0v) is 23.2. The lowest BCUT2D eigenvalue weighted by atomic mass is 9.60. The highest BCUT2D eigenvalue weighted by Crippen LogP contribution is 2.53. The number of benzene rings is 2. The molecular weight excluding hydrogens is 462 g/mol. The van der Waals surface area contributed by atoms with E-state index < -0.39 is 5.60 Å². The normalized spacial score (nSPS) is 22.7. The molecule has 0 saturated heterocycles. The van der Waals surface area contributed by atoms with Crippen molar-refractivity contribution in [3.63, 3.8) is 0 Å². The van der Waals surface area contributed by atoms with Crippen LogP contribution in [0.4, 0.5) is 0 Å². The first-order valence-corrected chi connectivity index (χ1v) is 13.7. The van der Waals surface area contributed by atoms with Crippen molar-refractivity contribution in [2.24, 2.45) is 17.8 Å². The zero-order chi connectivity index (χ0) is 26.4. The van der Waals surface area contributed by atoms with E-state index in [1.807, 2.05) is 19.9 Å². The number of rotatable bonds is 12. The van der Waals surface area contributed by atoms with Gasteiger partial charge in [0.1, 0.15) is 5.60 Å². The number of carbonyl (C=O) groups excluding carboxylic acids is 1. The van der Waals surface area contributed by atoms with Crippen LogP contribution in [0.1, 0.15) is 57.1 Å². The summed E-state index contributed by atoms with van der Waals surface area (Å²) in [6.45, 7) is 5.77. The first-order valence-electron chi connectivity index (χ1n) is 13.7. The Morgan fingerprint density at radius 1 is 1.03 bits per heavy atom. The Bertz CT molecular complexity index is 1080. The topological polar surface area (TPSA) is 48.0 Å². The summed E-state index contributed by atoms with van der Waals surface area (Å²) in [6.07, 6.45) is 8.52.